The summed E-state index contributed by atoms with van der Waals surface area (Å²) in [5.41, 5.74) is 8.58. The maximum Gasteiger partial charge on any atom is 0.219 e. The van der Waals surface area contributed by atoms with Crippen LogP contribution in [-0.4, -0.2) is 27.8 Å². The van der Waals surface area contributed by atoms with Gasteiger partial charge in [-0.2, -0.15) is 4.98 Å². The molecule has 0 aliphatic carbocycles. The first kappa shape index (κ1) is 13.1. The highest BCUT2D eigenvalue weighted by atomic mass is 32.2. The van der Waals surface area contributed by atoms with Gasteiger partial charge in [-0.05, 0) is 13.2 Å². The average molecular weight is 282 g/mol. The normalized spacial score (nSPS) is 10.6. The van der Waals surface area contributed by atoms with Crippen LogP contribution in [0.4, 0.5) is 5.82 Å². The van der Waals surface area contributed by atoms with Crippen molar-refractivity contribution in [1.29, 1.82) is 0 Å². The highest BCUT2D eigenvalue weighted by Gasteiger charge is 2.05. The van der Waals surface area contributed by atoms with Crippen molar-refractivity contribution < 1.29 is 4.74 Å². The topological polar surface area (TPSA) is 73.9 Å². The Morgan fingerprint density at radius 1 is 1.44 bits per heavy atom. The maximum atomic E-state index is 5.67. The van der Waals surface area contributed by atoms with Crippen molar-refractivity contribution in [2.24, 2.45) is 0 Å². The highest BCUT2D eigenvalue weighted by Crippen LogP contribution is 2.18. The van der Waals surface area contributed by atoms with Crippen LogP contribution in [0, 0.1) is 6.92 Å². The summed E-state index contributed by atoms with van der Waals surface area (Å²) >= 11 is 3.08. The number of nitrogen functional groups attached to an aromatic ring is 1. The van der Waals surface area contributed by atoms with E-state index in [1.54, 1.807) is 17.4 Å². The van der Waals surface area contributed by atoms with E-state index in [0.717, 1.165) is 12.1 Å². The molecule has 2 aromatic heterocycles. The maximum absolute atomic E-state index is 5.67. The Morgan fingerprint density at radius 2 is 2.28 bits per heavy atom. The standard InChI is InChI=1S/C11H14N4OS2/c1-7-8(18-6-13-7)3-4-16-10-5-9(12)14-11(15-10)17-2/h5-6H,3-4H2,1-2H3,(H2,12,14,15). The predicted octanol–water partition coefficient (Wildman–Crippen LogP) is 2.17. The first-order valence-corrected chi connectivity index (χ1v) is 7.50. The molecule has 0 aliphatic rings. The SMILES string of the molecule is CSc1nc(N)cc(OCCc2scnc2C)n1. The molecular weight excluding hydrogens is 268 g/mol. The number of aryl methyl sites for hydroxylation is 1. The lowest BCUT2D eigenvalue weighted by Gasteiger charge is -2.06. The van der Waals surface area contributed by atoms with E-state index >= 15 is 0 Å². The van der Waals surface area contributed by atoms with Crippen LogP contribution in [0.2, 0.25) is 0 Å². The number of thiazole rings is 1. The second-order valence-electron chi connectivity index (χ2n) is 3.58. The van der Waals surface area contributed by atoms with E-state index in [4.69, 9.17) is 10.5 Å². The molecule has 0 bridgehead atoms. The van der Waals surface area contributed by atoms with Crippen LogP contribution >= 0.6 is 23.1 Å². The van der Waals surface area contributed by atoms with Gasteiger partial charge < -0.3 is 10.5 Å². The van der Waals surface area contributed by atoms with Gasteiger partial charge in [-0.3, -0.25) is 0 Å². The molecule has 0 unspecified atom stereocenters. The predicted molar refractivity (Wildman–Crippen MR) is 74.3 cm³/mol. The Morgan fingerprint density at radius 3 is 2.94 bits per heavy atom. The molecule has 0 saturated heterocycles. The fourth-order valence-corrected chi connectivity index (χ4v) is 2.54. The highest BCUT2D eigenvalue weighted by molar-refractivity contribution is 7.98. The van der Waals surface area contributed by atoms with Crippen LogP contribution < -0.4 is 10.5 Å². The number of hydrogen-bond donors (Lipinski definition) is 1. The van der Waals surface area contributed by atoms with Gasteiger partial charge in [0.15, 0.2) is 5.16 Å². The van der Waals surface area contributed by atoms with Crippen molar-refractivity contribution in [3.05, 3.63) is 22.1 Å². The number of aromatic nitrogens is 3. The smallest absolute Gasteiger partial charge is 0.219 e. The van der Waals surface area contributed by atoms with Gasteiger partial charge in [-0.25, -0.2) is 9.97 Å². The third kappa shape index (κ3) is 3.33. The van der Waals surface area contributed by atoms with Gasteiger partial charge >= 0.3 is 0 Å². The fraction of sp³-hybridized carbons (Fsp3) is 0.364. The molecule has 18 heavy (non-hydrogen) atoms. The minimum absolute atomic E-state index is 0.429. The Labute approximate surface area is 114 Å². The molecule has 0 aliphatic heterocycles. The Kier molecular flexibility index (Phi) is 4.38. The molecule has 5 nitrogen and oxygen atoms in total. The summed E-state index contributed by atoms with van der Waals surface area (Å²) in [6.07, 6.45) is 2.73. The summed E-state index contributed by atoms with van der Waals surface area (Å²) in [6.45, 7) is 2.56. The summed E-state index contributed by atoms with van der Waals surface area (Å²) in [5.74, 6) is 0.951. The van der Waals surface area contributed by atoms with E-state index in [1.165, 1.54) is 16.6 Å². The van der Waals surface area contributed by atoms with Crippen molar-refractivity contribution in [3.63, 3.8) is 0 Å². The van der Waals surface area contributed by atoms with E-state index in [0.29, 0.717) is 23.5 Å². The Hall–Kier alpha value is -1.34. The van der Waals surface area contributed by atoms with Crippen LogP contribution in [0.1, 0.15) is 10.6 Å². The third-order valence-corrected chi connectivity index (χ3v) is 3.85. The van der Waals surface area contributed by atoms with E-state index in [1.807, 2.05) is 18.7 Å². The molecule has 0 spiro atoms. The average Bonchev–Trinajstić information content (AvgIpc) is 2.74. The van der Waals surface area contributed by atoms with Crippen molar-refractivity contribution in [2.75, 3.05) is 18.6 Å². The third-order valence-electron chi connectivity index (χ3n) is 2.31. The lowest BCUT2D eigenvalue weighted by atomic mass is 10.3. The minimum atomic E-state index is 0.429. The van der Waals surface area contributed by atoms with Gasteiger partial charge in [0.1, 0.15) is 5.82 Å². The molecule has 2 heterocycles. The first-order valence-electron chi connectivity index (χ1n) is 5.39. The molecular formula is C11H14N4OS2. The fourth-order valence-electron chi connectivity index (χ4n) is 1.40. The van der Waals surface area contributed by atoms with Gasteiger partial charge in [-0.1, -0.05) is 11.8 Å². The van der Waals surface area contributed by atoms with Crippen molar-refractivity contribution in [2.45, 2.75) is 18.5 Å². The van der Waals surface area contributed by atoms with Gasteiger partial charge in [-0.15, -0.1) is 11.3 Å². The first-order chi connectivity index (χ1) is 8.69. The quantitative estimate of drug-likeness (QED) is 0.669. The van der Waals surface area contributed by atoms with E-state index in [2.05, 4.69) is 15.0 Å². The second kappa shape index (κ2) is 6.01. The summed E-state index contributed by atoms with van der Waals surface area (Å²) in [4.78, 5) is 13.7. The molecule has 2 aromatic rings. The summed E-state index contributed by atoms with van der Waals surface area (Å²) in [5, 5.41) is 0.624. The zero-order valence-corrected chi connectivity index (χ0v) is 11.8. The lowest BCUT2D eigenvalue weighted by Crippen LogP contribution is -2.04. The number of nitrogens with zero attached hydrogens (tertiary/aromatic N) is 3. The molecule has 0 fully saturated rings. The summed E-state index contributed by atoms with van der Waals surface area (Å²) < 4.78 is 5.59. The molecule has 0 atom stereocenters. The second-order valence-corrected chi connectivity index (χ2v) is 5.29. The van der Waals surface area contributed by atoms with Crippen LogP contribution in [0.25, 0.3) is 0 Å². The molecule has 0 amide bonds. The van der Waals surface area contributed by atoms with E-state index in [-0.39, 0.29) is 0 Å². The molecule has 0 aromatic carbocycles. The molecule has 0 radical (unpaired) electrons. The summed E-state index contributed by atoms with van der Waals surface area (Å²) in [7, 11) is 0. The number of hydrogen-bond acceptors (Lipinski definition) is 7. The summed E-state index contributed by atoms with van der Waals surface area (Å²) in [6, 6.07) is 1.64. The van der Waals surface area contributed by atoms with Gasteiger partial charge in [0, 0.05) is 17.4 Å². The van der Waals surface area contributed by atoms with Crippen LogP contribution in [0.3, 0.4) is 0 Å². The zero-order chi connectivity index (χ0) is 13.0. The molecule has 96 valence electrons. The van der Waals surface area contributed by atoms with Crippen LogP contribution in [-0.2, 0) is 6.42 Å². The van der Waals surface area contributed by atoms with Crippen LogP contribution in [0.5, 0.6) is 5.88 Å². The number of thioether (sulfide) groups is 1. The van der Waals surface area contributed by atoms with Gasteiger partial charge in [0.25, 0.3) is 0 Å². The van der Waals surface area contributed by atoms with Crippen molar-refractivity contribution in [3.8, 4) is 5.88 Å². The largest absolute Gasteiger partial charge is 0.477 e. The van der Waals surface area contributed by atoms with E-state index < -0.39 is 0 Å². The number of nitrogens with two attached hydrogens (primary N) is 1. The van der Waals surface area contributed by atoms with Gasteiger partial charge in [0.05, 0.1) is 17.8 Å². The molecule has 2 N–H and O–H groups in total. The molecule has 2 rings (SSSR count). The Bertz CT molecular complexity index is 530. The van der Waals surface area contributed by atoms with E-state index in [9.17, 15) is 0 Å². The lowest BCUT2D eigenvalue weighted by molar-refractivity contribution is 0.307. The molecule has 0 saturated carbocycles. The minimum Gasteiger partial charge on any atom is -0.477 e. The number of ether oxygens (including phenoxy) is 1. The number of anilines is 1. The molecule has 7 heteroatoms. The monoisotopic (exact) mass is 282 g/mol. The zero-order valence-electron chi connectivity index (χ0n) is 10.2. The van der Waals surface area contributed by atoms with Crippen molar-refractivity contribution in [1.82, 2.24) is 15.0 Å². The van der Waals surface area contributed by atoms with Crippen LogP contribution in [0.15, 0.2) is 16.7 Å². The van der Waals surface area contributed by atoms with Crippen molar-refractivity contribution >= 4 is 28.9 Å². The Balaban J connectivity index is 1.94. The number of rotatable bonds is 5. The van der Waals surface area contributed by atoms with Gasteiger partial charge in [0.2, 0.25) is 5.88 Å².